The minimum absolute atomic E-state index is 0.0880. The second kappa shape index (κ2) is 12.0. The van der Waals surface area contributed by atoms with Crippen molar-refractivity contribution in [3.05, 3.63) is 52.2 Å². The first-order valence-corrected chi connectivity index (χ1v) is 16.7. The van der Waals surface area contributed by atoms with Gasteiger partial charge in [-0.05, 0) is 74.1 Å². The Hall–Kier alpha value is -1.83. The fourth-order valence-corrected chi connectivity index (χ4v) is 5.54. The summed E-state index contributed by atoms with van der Waals surface area (Å²) >= 11 is 1.70. The molecular formula is C26H40N2O3SSi. The lowest BCUT2D eigenvalue weighted by Crippen LogP contribution is -2.31. The molecule has 3 rings (SSSR count). The standard InChI is InChI=1S/C26H40N2O3SSi/c1-27-14-11-21(12-15-27)22-8-6-9-23(20-22)31-24(25-10-7-18-32-25)13-16-28(2)26(29)30-17-19-33(3,4)5/h6-10,18,20-21,24H,11-17,19H2,1-5H3/t24-/m1/s1. The van der Waals surface area contributed by atoms with E-state index in [2.05, 4.69) is 67.3 Å². The zero-order chi connectivity index (χ0) is 23.8. The minimum atomic E-state index is -1.21. The number of thiophene rings is 1. The van der Waals surface area contributed by atoms with Crippen molar-refractivity contribution in [1.29, 1.82) is 0 Å². The monoisotopic (exact) mass is 488 g/mol. The van der Waals surface area contributed by atoms with E-state index in [4.69, 9.17) is 9.47 Å². The molecule has 2 aromatic rings. The van der Waals surface area contributed by atoms with Crippen molar-refractivity contribution in [2.24, 2.45) is 0 Å². The maximum Gasteiger partial charge on any atom is 0.409 e. The van der Waals surface area contributed by atoms with Gasteiger partial charge in [-0.2, -0.15) is 0 Å². The first-order valence-electron chi connectivity index (χ1n) is 12.1. The molecule has 0 unspecified atom stereocenters. The summed E-state index contributed by atoms with van der Waals surface area (Å²) in [5.74, 6) is 1.51. The summed E-state index contributed by atoms with van der Waals surface area (Å²) in [6.07, 6.45) is 2.77. The van der Waals surface area contributed by atoms with Crippen molar-refractivity contribution in [3.8, 4) is 5.75 Å². The number of amides is 1. The molecule has 0 radical (unpaired) electrons. The van der Waals surface area contributed by atoms with E-state index in [-0.39, 0.29) is 12.2 Å². The van der Waals surface area contributed by atoms with Crippen molar-refractivity contribution in [3.63, 3.8) is 0 Å². The summed E-state index contributed by atoms with van der Waals surface area (Å²) in [5, 5.41) is 2.08. The normalized spacial score (nSPS) is 16.4. The molecule has 1 amide bonds. The Labute approximate surface area is 204 Å². The number of benzene rings is 1. The van der Waals surface area contributed by atoms with Crippen LogP contribution >= 0.6 is 11.3 Å². The van der Waals surface area contributed by atoms with Crippen LogP contribution in [0.2, 0.25) is 25.7 Å². The van der Waals surface area contributed by atoms with E-state index in [1.54, 1.807) is 16.2 Å². The van der Waals surface area contributed by atoms with Crippen LogP contribution in [0, 0.1) is 0 Å². The molecule has 1 atom stereocenters. The number of carbonyl (C=O) groups excluding carboxylic acids is 1. The summed E-state index contributed by atoms with van der Waals surface area (Å²) in [6.45, 7) is 10.2. The molecule has 1 aliphatic heterocycles. The van der Waals surface area contributed by atoms with E-state index in [1.165, 1.54) is 23.3 Å². The molecule has 33 heavy (non-hydrogen) atoms. The Morgan fingerprint density at radius 2 is 1.97 bits per heavy atom. The van der Waals surface area contributed by atoms with Crippen LogP contribution in [-0.4, -0.2) is 64.3 Å². The third kappa shape index (κ3) is 8.47. The largest absolute Gasteiger partial charge is 0.485 e. The zero-order valence-corrected chi connectivity index (χ0v) is 22.7. The van der Waals surface area contributed by atoms with Gasteiger partial charge in [0.05, 0.1) is 6.61 Å². The van der Waals surface area contributed by atoms with E-state index in [1.807, 2.05) is 13.1 Å². The minimum Gasteiger partial charge on any atom is -0.485 e. The molecule has 0 N–H and O–H groups in total. The third-order valence-corrected chi connectivity index (χ3v) is 8.97. The molecule has 1 aromatic carbocycles. The highest BCUT2D eigenvalue weighted by atomic mass is 32.1. The number of carbonyl (C=O) groups is 1. The summed E-state index contributed by atoms with van der Waals surface area (Å²) in [5.41, 5.74) is 1.37. The number of hydrogen-bond donors (Lipinski definition) is 0. The van der Waals surface area contributed by atoms with Gasteiger partial charge < -0.3 is 19.3 Å². The second-order valence-electron chi connectivity index (χ2n) is 10.4. The highest BCUT2D eigenvalue weighted by Crippen LogP contribution is 2.33. The van der Waals surface area contributed by atoms with Crippen LogP contribution in [0.1, 0.15) is 41.7 Å². The third-order valence-electron chi connectivity index (χ3n) is 6.30. The smallest absolute Gasteiger partial charge is 0.409 e. The van der Waals surface area contributed by atoms with Gasteiger partial charge in [0.2, 0.25) is 0 Å². The summed E-state index contributed by atoms with van der Waals surface area (Å²) in [6, 6.07) is 13.8. The topological polar surface area (TPSA) is 42.0 Å². The van der Waals surface area contributed by atoms with Crippen LogP contribution in [0.25, 0.3) is 0 Å². The van der Waals surface area contributed by atoms with Crippen LogP contribution in [-0.2, 0) is 4.74 Å². The molecule has 1 aliphatic rings. The SMILES string of the molecule is CN1CCC(c2cccc(O[C@H](CCN(C)C(=O)OCC[Si](C)(C)C)c3cccs3)c2)CC1. The Balaban J connectivity index is 1.58. The second-order valence-corrected chi connectivity index (χ2v) is 17.0. The van der Waals surface area contributed by atoms with Gasteiger partial charge in [-0.15, -0.1) is 11.3 Å². The molecule has 1 saturated heterocycles. The number of likely N-dealkylation sites (tertiary alicyclic amines) is 1. The average Bonchev–Trinajstić information content (AvgIpc) is 3.31. The fraction of sp³-hybridized carbons (Fsp3) is 0.577. The van der Waals surface area contributed by atoms with E-state index in [9.17, 15) is 4.79 Å². The lowest BCUT2D eigenvalue weighted by atomic mass is 9.89. The van der Waals surface area contributed by atoms with E-state index in [0.29, 0.717) is 19.1 Å². The van der Waals surface area contributed by atoms with Gasteiger partial charge in [0.25, 0.3) is 0 Å². The first-order chi connectivity index (χ1) is 15.7. The van der Waals surface area contributed by atoms with Gasteiger partial charge in [-0.1, -0.05) is 37.8 Å². The molecule has 0 bridgehead atoms. The van der Waals surface area contributed by atoms with Gasteiger partial charge in [0.15, 0.2) is 0 Å². The number of ether oxygens (including phenoxy) is 2. The molecular weight excluding hydrogens is 448 g/mol. The lowest BCUT2D eigenvalue weighted by Gasteiger charge is -2.29. The van der Waals surface area contributed by atoms with Crippen molar-refractivity contribution >= 4 is 25.5 Å². The quantitative estimate of drug-likeness (QED) is 0.359. The van der Waals surface area contributed by atoms with Gasteiger partial charge in [-0.3, -0.25) is 0 Å². The van der Waals surface area contributed by atoms with Crippen molar-refractivity contribution in [1.82, 2.24) is 9.80 Å². The molecule has 1 fully saturated rings. The predicted molar refractivity (Wildman–Crippen MR) is 140 cm³/mol. The Morgan fingerprint density at radius 1 is 1.21 bits per heavy atom. The fourth-order valence-electron chi connectivity index (χ4n) is 4.04. The highest BCUT2D eigenvalue weighted by Gasteiger charge is 2.21. The Bertz CT molecular complexity index is 861. The number of nitrogens with zero attached hydrogens (tertiary/aromatic N) is 2. The van der Waals surface area contributed by atoms with Gasteiger partial charge >= 0.3 is 6.09 Å². The zero-order valence-electron chi connectivity index (χ0n) is 20.9. The first kappa shape index (κ1) is 25.8. The molecule has 7 heteroatoms. The predicted octanol–water partition coefficient (Wildman–Crippen LogP) is 6.47. The van der Waals surface area contributed by atoms with Crippen molar-refractivity contribution in [2.75, 3.05) is 40.3 Å². The van der Waals surface area contributed by atoms with Crippen LogP contribution in [0.4, 0.5) is 4.79 Å². The van der Waals surface area contributed by atoms with E-state index >= 15 is 0 Å². The van der Waals surface area contributed by atoms with Crippen molar-refractivity contribution in [2.45, 2.75) is 57.0 Å². The lowest BCUT2D eigenvalue weighted by molar-refractivity contribution is 0.108. The Kier molecular flexibility index (Phi) is 9.41. The van der Waals surface area contributed by atoms with Gasteiger partial charge in [0, 0.05) is 33.0 Å². The number of piperidine rings is 1. The molecule has 5 nitrogen and oxygen atoms in total. The number of rotatable bonds is 10. The van der Waals surface area contributed by atoms with Crippen LogP contribution in [0.3, 0.4) is 0 Å². The maximum absolute atomic E-state index is 12.4. The van der Waals surface area contributed by atoms with E-state index < -0.39 is 8.07 Å². The molecule has 182 valence electrons. The van der Waals surface area contributed by atoms with Crippen molar-refractivity contribution < 1.29 is 14.3 Å². The van der Waals surface area contributed by atoms with Crippen LogP contribution in [0.15, 0.2) is 41.8 Å². The summed E-state index contributed by atoms with van der Waals surface area (Å²) in [4.78, 5) is 17.7. The van der Waals surface area contributed by atoms with E-state index in [0.717, 1.165) is 31.3 Å². The summed E-state index contributed by atoms with van der Waals surface area (Å²) < 4.78 is 12.0. The van der Waals surface area contributed by atoms with Crippen LogP contribution < -0.4 is 4.74 Å². The van der Waals surface area contributed by atoms with Gasteiger partial charge in [0.1, 0.15) is 11.9 Å². The molecule has 1 aromatic heterocycles. The van der Waals surface area contributed by atoms with Gasteiger partial charge in [-0.25, -0.2) is 4.79 Å². The number of hydrogen-bond acceptors (Lipinski definition) is 5. The molecule has 0 aliphatic carbocycles. The molecule has 2 heterocycles. The maximum atomic E-state index is 12.4. The highest BCUT2D eigenvalue weighted by molar-refractivity contribution is 7.10. The summed E-state index contributed by atoms with van der Waals surface area (Å²) in [7, 11) is 2.79. The molecule has 0 spiro atoms. The average molecular weight is 489 g/mol. The molecule has 0 saturated carbocycles. The Morgan fingerprint density at radius 3 is 2.64 bits per heavy atom. The van der Waals surface area contributed by atoms with Crippen LogP contribution in [0.5, 0.6) is 5.75 Å².